The van der Waals surface area contributed by atoms with E-state index >= 15 is 0 Å². The van der Waals surface area contributed by atoms with Crippen LogP contribution in [-0.2, 0) is 21.1 Å². The average molecular weight is 828 g/mol. The Labute approximate surface area is 311 Å². The van der Waals surface area contributed by atoms with E-state index in [0.29, 0.717) is 33.9 Å². The number of hydrogen-bond donors (Lipinski definition) is 0. The Morgan fingerprint density at radius 1 is 0.500 bits per heavy atom. The van der Waals surface area contributed by atoms with Gasteiger partial charge in [-0.05, 0) is 92.5 Å². The second-order valence-electron chi connectivity index (χ2n) is 12.0. The second kappa shape index (κ2) is 12.9. The molecule has 0 amide bonds. The molecule has 5 nitrogen and oxygen atoms in total. The predicted octanol–water partition coefficient (Wildman–Crippen LogP) is 10.9. The van der Waals surface area contributed by atoms with Crippen LogP contribution in [0, 0.1) is 26.0 Å². The molecule has 0 atom stereocenters. The number of nitrogens with zero attached hydrogens (tertiary/aromatic N) is 5. The van der Waals surface area contributed by atoms with Crippen LogP contribution in [0.4, 0.5) is 17.1 Å². The molecule has 2 aromatic heterocycles. The molecule has 0 N–H and O–H groups in total. The molecule has 0 saturated carbocycles. The third-order valence-electron chi connectivity index (χ3n) is 8.92. The number of rotatable bonds is 5. The SMILES string of the molecule is [2H]c1c([2H])c([2H])c(N(c2[c-]c(-c3nnc(C)c4cc5ccccc5cc34)ccc2)c2[c-]c(-c3nnc(C)c4cc5ccccc5cc34)ccc2)c([2H])c1[2H].[Pt+2]. The van der Waals surface area contributed by atoms with E-state index in [0.717, 1.165) is 54.5 Å². The molecule has 7 aromatic carbocycles. The third-order valence-corrected chi connectivity index (χ3v) is 8.92. The first-order valence-corrected chi connectivity index (χ1v) is 15.9. The molecule has 0 bridgehead atoms. The van der Waals surface area contributed by atoms with Crippen molar-refractivity contribution in [3.05, 3.63) is 163 Å². The molecule has 6 heteroatoms. The molecule has 0 radical (unpaired) electrons. The number of para-hydroxylation sites is 1. The first kappa shape index (κ1) is 26.1. The Bertz CT molecular complexity index is 2810. The van der Waals surface area contributed by atoms with E-state index in [1.54, 1.807) is 17.0 Å². The molecule has 0 aliphatic carbocycles. The largest absolute Gasteiger partial charge is 2.00 e. The zero-order valence-electron chi connectivity index (χ0n) is 31.9. The Hall–Kier alpha value is -5.77. The summed E-state index contributed by atoms with van der Waals surface area (Å²) < 4.78 is 43.5. The summed E-state index contributed by atoms with van der Waals surface area (Å²) in [5, 5.41) is 26.3. The summed E-state index contributed by atoms with van der Waals surface area (Å²) in [5.74, 6) is 0. The normalized spacial score (nSPS) is 12.6. The molecule has 0 aliphatic heterocycles. The molecule has 0 fully saturated rings. The molecule has 50 heavy (non-hydrogen) atoms. The molecule has 2 heterocycles. The number of benzene rings is 7. The van der Waals surface area contributed by atoms with Crippen molar-refractivity contribution in [3.63, 3.8) is 0 Å². The van der Waals surface area contributed by atoms with Crippen LogP contribution < -0.4 is 4.90 Å². The van der Waals surface area contributed by atoms with E-state index < -0.39 is 18.1 Å². The van der Waals surface area contributed by atoms with Crippen LogP contribution in [-0.4, -0.2) is 20.4 Å². The standard InChI is InChI=1S/C44H29N5.Pt/c1-28-39-24-30-12-6-8-14-32(30)26-41(39)43(47-45-28)34-16-10-20-37(22-34)49(36-18-4-3-5-19-36)38-21-11-17-35(23-38)44-42-27-33-15-9-7-13-31(33)25-40(42)29(2)46-48-44;/h3-21,24-27H,1-2H3;/q-2;+2/i3D,4D,5D,18D,19D;. The van der Waals surface area contributed by atoms with Gasteiger partial charge in [-0.15, -0.1) is 59.7 Å². The van der Waals surface area contributed by atoms with Gasteiger partial charge in [-0.1, -0.05) is 78.8 Å². The number of aromatic nitrogens is 4. The second-order valence-corrected chi connectivity index (χ2v) is 12.0. The summed E-state index contributed by atoms with van der Waals surface area (Å²) >= 11 is 0. The molecule has 0 aliphatic rings. The van der Waals surface area contributed by atoms with Crippen molar-refractivity contribution < 1.29 is 27.9 Å². The van der Waals surface area contributed by atoms with Crippen LogP contribution in [0.3, 0.4) is 0 Å². The van der Waals surface area contributed by atoms with Gasteiger partial charge in [0, 0.05) is 17.1 Å². The van der Waals surface area contributed by atoms with Crippen molar-refractivity contribution in [1.82, 2.24) is 20.4 Å². The van der Waals surface area contributed by atoms with Gasteiger partial charge in [0.15, 0.2) is 0 Å². The van der Waals surface area contributed by atoms with Crippen LogP contribution in [0.15, 0.2) is 139 Å². The van der Waals surface area contributed by atoms with E-state index in [1.807, 2.05) is 62.4 Å². The Balaban J connectivity index is 0.00000427. The van der Waals surface area contributed by atoms with Gasteiger partial charge in [-0.2, -0.15) is 10.2 Å². The topological polar surface area (TPSA) is 54.8 Å². The number of hydrogen-bond acceptors (Lipinski definition) is 5. The van der Waals surface area contributed by atoms with Crippen LogP contribution in [0.2, 0.25) is 0 Å². The third kappa shape index (κ3) is 5.50. The first-order valence-electron chi connectivity index (χ1n) is 18.4. The number of aryl methyl sites for hydroxylation is 2. The fourth-order valence-corrected chi connectivity index (χ4v) is 6.51. The zero-order valence-corrected chi connectivity index (χ0v) is 29.2. The fourth-order valence-electron chi connectivity index (χ4n) is 6.51. The fraction of sp³-hybridized carbons (Fsp3) is 0.0455. The minimum atomic E-state index is -0.480. The molecule has 9 rings (SSSR count). The van der Waals surface area contributed by atoms with Crippen LogP contribution in [0.1, 0.15) is 18.2 Å². The summed E-state index contributed by atoms with van der Waals surface area (Å²) in [6.45, 7) is 3.86. The predicted molar refractivity (Wildman–Crippen MR) is 200 cm³/mol. The Kier molecular flexibility index (Phi) is 6.76. The Morgan fingerprint density at radius 3 is 1.36 bits per heavy atom. The van der Waals surface area contributed by atoms with Gasteiger partial charge in [0.1, 0.15) is 0 Å². The molecule has 240 valence electrons. The minimum absolute atomic E-state index is 0. The van der Waals surface area contributed by atoms with E-state index in [-0.39, 0.29) is 38.8 Å². The number of anilines is 3. The molecule has 0 spiro atoms. The van der Waals surface area contributed by atoms with Crippen LogP contribution in [0.5, 0.6) is 0 Å². The van der Waals surface area contributed by atoms with Gasteiger partial charge < -0.3 is 4.90 Å². The summed E-state index contributed by atoms with van der Waals surface area (Å²) in [7, 11) is 0. The molecule has 9 aromatic rings. The first-order chi connectivity index (χ1) is 26.2. The van der Waals surface area contributed by atoms with Crippen molar-refractivity contribution in [2.75, 3.05) is 4.90 Å². The van der Waals surface area contributed by atoms with Gasteiger partial charge >= 0.3 is 21.1 Å². The van der Waals surface area contributed by atoms with Crippen molar-refractivity contribution in [2.45, 2.75) is 13.8 Å². The van der Waals surface area contributed by atoms with E-state index in [9.17, 15) is 0 Å². The average Bonchev–Trinajstić information content (AvgIpc) is 3.20. The van der Waals surface area contributed by atoms with Crippen LogP contribution >= 0.6 is 0 Å². The number of fused-ring (bicyclic) bond motifs is 4. The Morgan fingerprint density at radius 2 is 0.920 bits per heavy atom. The van der Waals surface area contributed by atoms with Gasteiger partial charge in [0.25, 0.3) is 0 Å². The zero-order chi connectivity index (χ0) is 37.2. The maximum atomic E-state index is 9.03. The van der Waals surface area contributed by atoms with Crippen molar-refractivity contribution >= 4 is 60.2 Å². The monoisotopic (exact) mass is 827 g/mol. The van der Waals surface area contributed by atoms with Crippen molar-refractivity contribution in [3.8, 4) is 22.5 Å². The van der Waals surface area contributed by atoms with Crippen LogP contribution in [0.25, 0.3) is 65.6 Å². The molecular weight excluding hydrogens is 794 g/mol. The molecular formula is C44H29N5Pt. The van der Waals surface area contributed by atoms with E-state index in [2.05, 4.69) is 81.1 Å². The summed E-state index contributed by atoms with van der Waals surface area (Å²) in [4.78, 5) is 1.60. The van der Waals surface area contributed by atoms with E-state index in [4.69, 9.17) is 6.85 Å². The van der Waals surface area contributed by atoms with Crippen molar-refractivity contribution in [1.29, 1.82) is 0 Å². The smallest absolute Gasteiger partial charge is 0.346 e. The van der Waals surface area contributed by atoms with Gasteiger partial charge in [0.05, 0.1) is 18.2 Å². The van der Waals surface area contributed by atoms with Gasteiger partial charge in [0.2, 0.25) is 0 Å². The summed E-state index contributed by atoms with van der Waals surface area (Å²) in [5.41, 5.74) is 4.84. The van der Waals surface area contributed by atoms with Gasteiger partial charge in [-0.3, -0.25) is 0 Å². The molecule has 0 saturated heterocycles. The quantitative estimate of drug-likeness (QED) is 0.128. The maximum Gasteiger partial charge on any atom is 2.00 e. The minimum Gasteiger partial charge on any atom is -0.346 e. The summed E-state index contributed by atoms with van der Waals surface area (Å²) in [6, 6.07) is 40.6. The van der Waals surface area contributed by atoms with E-state index in [1.165, 1.54) is 0 Å². The maximum absolute atomic E-state index is 9.03. The summed E-state index contributed by atoms with van der Waals surface area (Å²) in [6.07, 6.45) is 0. The molecule has 0 unspecified atom stereocenters. The van der Waals surface area contributed by atoms with Crippen molar-refractivity contribution in [2.24, 2.45) is 0 Å². The van der Waals surface area contributed by atoms with Gasteiger partial charge in [-0.25, -0.2) is 10.2 Å².